The number of aryl methyl sites for hydroxylation is 2. The van der Waals surface area contributed by atoms with Crippen LogP contribution in [0.1, 0.15) is 21.6 Å². The summed E-state index contributed by atoms with van der Waals surface area (Å²) in [5.41, 5.74) is 13.6. The Bertz CT molecular complexity index is 647. The minimum Gasteiger partial charge on any atom is -0.383 e. The van der Waals surface area contributed by atoms with Crippen molar-refractivity contribution in [3.63, 3.8) is 0 Å². The highest BCUT2D eigenvalue weighted by Gasteiger charge is 2.16. The number of nitrogen functional groups attached to an aromatic ring is 1. The maximum atomic E-state index is 11.3. The first-order valence-corrected chi connectivity index (χ1v) is 6.40. The Morgan fingerprint density at radius 2 is 1.95 bits per heavy atom. The number of carbonyl (C=O) groups excluding carboxylic acids is 1. The lowest BCUT2D eigenvalue weighted by Crippen LogP contribution is -2.17. The van der Waals surface area contributed by atoms with E-state index in [0.717, 1.165) is 15.6 Å². The number of hydrogen-bond acceptors (Lipinski definition) is 4. The van der Waals surface area contributed by atoms with Gasteiger partial charge in [-0.2, -0.15) is 0 Å². The number of amides is 1. The van der Waals surface area contributed by atoms with E-state index in [0.29, 0.717) is 11.5 Å². The van der Waals surface area contributed by atoms with Gasteiger partial charge < -0.3 is 11.5 Å². The molecule has 0 aliphatic rings. The number of aromatic nitrogens is 2. The molecule has 0 spiro atoms. The van der Waals surface area contributed by atoms with Gasteiger partial charge in [0.1, 0.15) is 11.4 Å². The Morgan fingerprint density at radius 1 is 1.26 bits per heavy atom. The molecular weight excluding hydrogens is 308 g/mol. The zero-order chi connectivity index (χ0) is 14.2. The summed E-state index contributed by atoms with van der Waals surface area (Å²) in [6, 6.07) is 5.82. The molecule has 0 radical (unpaired) electrons. The Labute approximate surface area is 119 Å². The second-order valence-corrected chi connectivity index (χ2v) is 5.09. The van der Waals surface area contributed by atoms with Crippen LogP contribution in [0.3, 0.4) is 0 Å². The van der Waals surface area contributed by atoms with Crippen molar-refractivity contribution in [2.45, 2.75) is 13.8 Å². The third-order valence-corrected chi connectivity index (χ3v) is 3.39. The molecule has 0 atom stereocenters. The summed E-state index contributed by atoms with van der Waals surface area (Å²) < 4.78 is 0.873. The van der Waals surface area contributed by atoms with Gasteiger partial charge in [-0.3, -0.25) is 4.79 Å². The average molecular weight is 321 g/mol. The van der Waals surface area contributed by atoms with Crippen LogP contribution in [0.25, 0.3) is 11.4 Å². The van der Waals surface area contributed by atoms with Crippen LogP contribution in [-0.4, -0.2) is 15.9 Å². The van der Waals surface area contributed by atoms with Crippen LogP contribution < -0.4 is 11.5 Å². The third-order valence-electron chi connectivity index (χ3n) is 2.73. The maximum absolute atomic E-state index is 11.3. The van der Waals surface area contributed by atoms with E-state index in [1.54, 1.807) is 6.92 Å². The monoisotopic (exact) mass is 320 g/mol. The van der Waals surface area contributed by atoms with E-state index in [9.17, 15) is 4.79 Å². The molecule has 1 amide bonds. The zero-order valence-electron chi connectivity index (χ0n) is 10.6. The molecule has 0 bridgehead atoms. The minimum absolute atomic E-state index is 0.0995. The topological polar surface area (TPSA) is 94.9 Å². The Morgan fingerprint density at radius 3 is 2.47 bits per heavy atom. The average Bonchev–Trinajstić information content (AvgIpc) is 2.26. The highest BCUT2D eigenvalue weighted by molar-refractivity contribution is 9.10. The van der Waals surface area contributed by atoms with E-state index >= 15 is 0 Å². The lowest BCUT2D eigenvalue weighted by molar-refractivity contribution is 0.1000. The van der Waals surface area contributed by atoms with Crippen molar-refractivity contribution < 1.29 is 4.79 Å². The highest BCUT2D eigenvalue weighted by Crippen LogP contribution is 2.28. The van der Waals surface area contributed by atoms with Gasteiger partial charge in [0, 0.05) is 10.0 Å². The van der Waals surface area contributed by atoms with Gasteiger partial charge in [0.05, 0.1) is 5.69 Å². The standard InChI is InChI=1S/C13H13BrN4O/c1-6-3-4-8(9(14)5-6)13-17-7(2)10(12(16)19)11(15)18-13/h3-5H,1-2H3,(H2,16,19)(H2,15,17,18). The predicted molar refractivity (Wildman–Crippen MR) is 77.6 cm³/mol. The van der Waals surface area contributed by atoms with Crippen LogP contribution in [0.5, 0.6) is 0 Å². The SMILES string of the molecule is Cc1ccc(-c2nc(C)c(C(N)=O)c(N)n2)c(Br)c1. The van der Waals surface area contributed by atoms with Crippen molar-refractivity contribution in [1.29, 1.82) is 0 Å². The molecule has 0 unspecified atom stereocenters. The molecule has 0 saturated carbocycles. The number of hydrogen-bond donors (Lipinski definition) is 2. The molecule has 19 heavy (non-hydrogen) atoms. The van der Waals surface area contributed by atoms with Gasteiger partial charge in [-0.1, -0.05) is 22.0 Å². The number of anilines is 1. The molecule has 98 valence electrons. The van der Waals surface area contributed by atoms with Gasteiger partial charge in [0.2, 0.25) is 0 Å². The lowest BCUT2D eigenvalue weighted by Gasteiger charge is -2.09. The van der Waals surface area contributed by atoms with E-state index in [2.05, 4.69) is 25.9 Å². The fraction of sp³-hybridized carbons (Fsp3) is 0.154. The van der Waals surface area contributed by atoms with Gasteiger partial charge in [0.15, 0.2) is 5.82 Å². The third kappa shape index (κ3) is 2.58. The van der Waals surface area contributed by atoms with Gasteiger partial charge >= 0.3 is 0 Å². The summed E-state index contributed by atoms with van der Waals surface area (Å²) in [7, 11) is 0. The number of primary amides is 1. The number of benzene rings is 1. The number of rotatable bonds is 2. The van der Waals surface area contributed by atoms with Crippen LogP contribution in [0.15, 0.2) is 22.7 Å². The quantitative estimate of drug-likeness (QED) is 0.886. The molecule has 2 aromatic rings. The van der Waals surface area contributed by atoms with Crippen LogP contribution in [0.4, 0.5) is 5.82 Å². The molecule has 0 saturated heterocycles. The molecule has 2 rings (SSSR count). The van der Waals surface area contributed by atoms with Gasteiger partial charge in [-0.05, 0) is 31.5 Å². The normalized spacial score (nSPS) is 10.5. The molecule has 1 aromatic carbocycles. The number of nitrogens with two attached hydrogens (primary N) is 2. The van der Waals surface area contributed by atoms with E-state index in [-0.39, 0.29) is 11.4 Å². The molecule has 5 nitrogen and oxygen atoms in total. The van der Waals surface area contributed by atoms with Crippen molar-refractivity contribution in [2.75, 3.05) is 5.73 Å². The molecule has 1 aromatic heterocycles. The number of carbonyl (C=O) groups is 1. The molecule has 6 heteroatoms. The molecule has 0 fully saturated rings. The highest BCUT2D eigenvalue weighted by atomic mass is 79.9. The van der Waals surface area contributed by atoms with Crippen molar-refractivity contribution in [2.24, 2.45) is 5.73 Å². The van der Waals surface area contributed by atoms with E-state index in [4.69, 9.17) is 11.5 Å². The number of nitrogens with zero attached hydrogens (tertiary/aromatic N) is 2. The van der Waals surface area contributed by atoms with Crippen molar-refractivity contribution >= 4 is 27.7 Å². The van der Waals surface area contributed by atoms with E-state index < -0.39 is 5.91 Å². The second kappa shape index (κ2) is 4.97. The second-order valence-electron chi connectivity index (χ2n) is 4.24. The fourth-order valence-electron chi connectivity index (χ4n) is 1.82. The molecule has 0 aliphatic carbocycles. The first-order chi connectivity index (χ1) is 8.90. The van der Waals surface area contributed by atoms with Gasteiger partial charge in [-0.25, -0.2) is 9.97 Å². The first-order valence-electron chi connectivity index (χ1n) is 5.60. The van der Waals surface area contributed by atoms with Crippen molar-refractivity contribution in [3.8, 4) is 11.4 Å². The molecule has 4 N–H and O–H groups in total. The summed E-state index contributed by atoms with van der Waals surface area (Å²) in [5.74, 6) is -0.0566. The Balaban J connectivity index is 2.61. The van der Waals surface area contributed by atoms with Gasteiger partial charge in [-0.15, -0.1) is 0 Å². The summed E-state index contributed by atoms with van der Waals surface area (Å²) in [4.78, 5) is 19.7. The number of halogens is 1. The van der Waals surface area contributed by atoms with Crippen LogP contribution in [0.2, 0.25) is 0 Å². The van der Waals surface area contributed by atoms with Crippen LogP contribution in [0, 0.1) is 13.8 Å². The first kappa shape index (κ1) is 13.5. The van der Waals surface area contributed by atoms with Crippen LogP contribution in [-0.2, 0) is 0 Å². The summed E-state index contributed by atoms with van der Waals surface area (Å²) in [6.07, 6.45) is 0. The fourth-order valence-corrected chi connectivity index (χ4v) is 2.49. The smallest absolute Gasteiger partial charge is 0.254 e. The van der Waals surface area contributed by atoms with Crippen LogP contribution >= 0.6 is 15.9 Å². The maximum Gasteiger partial charge on any atom is 0.254 e. The summed E-state index contributed by atoms with van der Waals surface area (Å²) in [6.45, 7) is 3.68. The van der Waals surface area contributed by atoms with Crippen molar-refractivity contribution in [3.05, 3.63) is 39.5 Å². The van der Waals surface area contributed by atoms with Crippen molar-refractivity contribution in [1.82, 2.24) is 9.97 Å². The molecule has 1 heterocycles. The lowest BCUT2D eigenvalue weighted by atomic mass is 10.1. The summed E-state index contributed by atoms with van der Waals surface area (Å²) >= 11 is 3.47. The van der Waals surface area contributed by atoms with E-state index in [1.165, 1.54) is 0 Å². The predicted octanol–water partition coefficient (Wildman–Crippen LogP) is 2.20. The van der Waals surface area contributed by atoms with Gasteiger partial charge in [0.25, 0.3) is 5.91 Å². The Hall–Kier alpha value is -1.95. The Kier molecular flexibility index (Phi) is 3.53. The molecule has 0 aliphatic heterocycles. The summed E-state index contributed by atoms with van der Waals surface area (Å²) in [5, 5.41) is 0. The molecular formula is C13H13BrN4O. The van der Waals surface area contributed by atoms with E-state index in [1.807, 2.05) is 25.1 Å². The minimum atomic E-state index is -0.621. The largest absolute Gasteiger partial charge is 0.383 e. The zero-order valence-corrected chi connectivity index (χ0v) is 12.2.